The normalized spacial score (nSPS) is 25.8. The summed E-state index contributed by atoms with van der Waals surface area (Å²) in [6, 6.07) is 8.21. The number of nitrogens with zero attached hydrogens (tertiary/aromatic N) is 1. The van der Waals surface area contributed by atoms with Crippen LogP contribution in [-0.2, 0) is 16.1 Å². The lowest BCUT2D eigenvalue weighted by Gasteiger charge is -2.39. The van der Waals surface area contributed by atoms with E-state index in [2.05, 4.69) is 22.8 Å². The molecule has 0 spiro atoms. The van der Waals surface area contributed by atoms with Crippen molar-refractivity contribution in [3.8, 4) is 0 Å². The third-order valence-electron chi connectivity index (χ3n) is 3.97. The van der Waals surface area contributed by atoms with Crippen LogP contribution < -0.4 is 10.6 Å². The van der Waals surface area contributed by atoms with Crippen LogP contribution in [0, 0.1) is 0 Å². The van der Waals surface area contributed by atoms with E-state index in [-0.39, 0.29) is 11.6 Å². The monoisotopic (exact) mass is 275 g/mol. The van der Waals surface area contributed by atoms with Crippen molar-refractivity contribution >= 4 is 11.6 Å². The van der Waals surface area contributed by atoms with Crippen molar-refractivity contribution in [2.45, 2.75) is 25.6 Å². The van der Waals surface area contributed by atoms with Crippen LogP contribution in [0.15, 0.2) is 24.3 Å². The van der Waals surface area contributed by atoms with Gasteiger partial charge in [-0.15, -0.1) is 0 Å². The number of hydrogen-bond acceptors (Lipinski definition) is 4. The van der Waals surface area contributed by atoms with Crippen LogP contribution >= 0.6 is 0 Å². The summed E-state index contributed by atoms with van der Waals surface area (Å²) >= 11 is 0. The average Bonchev–Trinajstić information content (AvgIpc) is 2.47. The highest BCUT2D eigenvalue weighted by atomic mass is 16.5. The zero-order valence-corrected chi connectivity index (χ0v) is 11.8. The standard InChI is InChI=1S/C15H21N3O2/c1-15(10-14(19)18-6-8-20-9-7-18)16-11-12-4-2-3-5-13(12)17-15/h2-5,16-17H,6-11H2,1H3. The molecule has 2 N–H and O–H groups in total. The smallest absolute Gasteiger partial charge is 0.226 e. The molecule has 108 valence electrons. The molecular formula is C15H21N3O2. The second-order valence-electron chi connectivity index (χ2n) is 5.64. The van der Waals surface area contributed by atoms with Gasteiger partial charge in [-0.2, -0.15) is 0 Å². The van der Waals surface area contributed by atoms with Gasteiger partial charge in [0.05, 0.1) is 25.3 Å². The highest BCUT2D eigenvalue weighted by Crippen LogP contribution is 2.26. The van der Waals surface area contributed by atoms with Crippen molar-refractivity contribution in [2.75, 3.05) is 31.6 Å². The van der Waals surface area contributed by atoms with Gasteiger partial charge in [0.25, 0.3) is 0 Å². The van der Waals surface area contributed by atoms with Gasteiger partial charge in [-0.25, -0.2) is 0 Å². The summed E-state index contributed by atoms with van der Waals surface area (Å²) in [5.41, 5.74) is 1.97. The van der Waals surface area contributed by atoms with Crippen molar-refractivity contribution in [1.29, 1.82) is 0 Å². The number of amides is 1. The number of para-hydroxylation sites is 1. The van der Waals surface area contributed by atoms with Crippen LogP contribution in [0.3, 0.4) is 0 Å². The molecule has 2 heterocycles. The lowest BCUT2D eigenvalue weighted by molar-refractivity contribution is -0.136. The van der Waals surface area contributed by atoms with E-state index in [1.165, 1.54) is 5.56 Å². The molecule has 1 aromatic carbocycles. The molecule has 0 saturated carbocycles. The number of fused-ring (bicyclic) bond motifs is 1. The average molecular weight is 275 g/mol. The minimum absolute atomic E-state index is 0.176. The summed E-state index contributed by atoms with van der Waals surface area (Å²) in [4.78, 5) is 14.3. The van der Waals surface area contributed by atoms with Crippen molar-refractivity contribution in [1.82, 2.24) is 10.2 Å². The van der Waals surface area contributed by atoms with Crippen molar-refractivity contribution in [3.05, 3.63) is 29.8 Å². The first kappa shape index (κ1) is 13.4. The van der Waals surface area contributed by atoms with Gasteiger partial charge < -0.3 is 15.0 Å². The number of anilines is 1. The maximum atomic E-state index is 12.4. The molecule has 1 saturated heterocycles. The summed E-state index contributed by atoms with van der Waals surface area (Å²) in [6.45, 7) is 5.52. The maximum Gasteiger partial charge on any atom is 0.226 e. The Bertz CT molecular complexity index is 500. The number of carbonyl (C=O) groups excluding carboxylic acids is 1. The van der Waals surface area contributed by atoms with Gasteiger partial charge in [-0.1, -0.05) is 18.2 Å². The summed E-state index contributed by atoms with van der Waals surface area (Å²) in [7, 11) is 0. The fraction of sp³-hybridized carbons (Fsp3) is 0.533. The zero-order valence-electron chi connectivity index (χ0n) is 11.8. The second kappa shape index (κ2) is 5.42. The Morgan fingerprint density at radius 1 is 1.35 bits per heavy atom. The maximum absolute atomic E-state index is 12.4. The third-order valence-corrected chi connectivity index (χ3v) is 3.97. The van der Waals surface area contributed by atoms with E-state index in [4.69, 9.17) is 4.74 Å². The molecule has 1 unspecified atom stereocenters. The molecular weight excluding hydrogens is 254 g/mol. The summed E-state index contributed by atoms with van der Waals surface area (Å²) < 4.78 is 5.29. The van der Waals surface area contributed by atoms with Crippen LogP contribution in [0.1, 0.15) is 18.9 Å². The fourth-order valence-electron chi connectivity index (χ4n) is 2.76. The quantitative estimate of drug-likeness (QED) is 0.850. The van der Waals surface area contributed by atoms with Crippen LogP contribution in [0.25, 0.3) is 0 Å². The second-order valence-corrected chi connectivity index (χ2v) is 5.64. The first-order chi connectivity index (χ1) is 9.66. The van der Waals surface area contributed by atoms with Gasteiger partial charge in [-0.3, -0.25) is 10.1 Å². The zero-order chi connectivity index (χ0) is 14.0. The lowest BCUT2D eigenvalue weighted by atomic mass is 10.0. The number of nitrogens with one attached hydrogen (secondary N) is 2. The Labute approximate surface area is 119 Å². The van der Waals surface area contributed by atoms with E-state index >= 15 is 0 Å². The van der Waals surface area contributed by atoms with Crippen LogP contribution in [0.5, 0.6) is 0 Å². The minimum Gasteiger partial charge on any atom is -0.378 e. The Hall–Kier alpha value is -1.59. The van der Waals surface area contributed by atoms with E-state index in [9.17, 15) is 4.79 Å². The molecule has 2 aliphatic rings. The predicted molar refractivity (Wildman–Crippen MR) is 77.3 cm³/mol. The lowest BCUT2D eigenvalue weighted by Crippen LogP contribution is -2.55. The molecule has 2 aliphatic heterocycles. The van der Waals surface area contributed by atoms with E-state index in [0.29, 0.717) is 32.7 Å². The molecule has 5 nitrogen and oxygen atoms in total. The number of morpholine rings is 1. The molecule has 3 rings (SSSR count). The molecule has 1 atom stereocenters. The predicted octanol–water partition coefficient (Wildman–Crippen LogP) is 1.17. The summed E-state index contributed by atoms with van der Waals surface area (Å²) in [5, 5.41) is 6.89. The first-order valence-electron chi connectivity index (χ1n) is 7.13. The Kier molecular flexibility index (Phi) is 3.63. The van der Waals surface area contributed by atoms with Crippen LogP contribution in [-0.4, -0.2) is 42.8 Å². The van der Waals surface area contributed by atoms with Crippen molar-refractivity contribution in [3.63, 3.8) is 0 Å². The molecule has 0 bridgehead atoms. The summed E-state index contributed by atoms with van der Waals surface area (Å²) in [5.74, 6) is 0.176. The number of ether oxygens (including phenoxy) is 1. The van der Waals surface area contributed by atoms with E-state index < -0.39 is 0 Å². The van der Waals surface area contributed by atoms with Gasteiger partial charge >= 0.3 is 0 Å². The number of rotatable bonds is 2. The Balaban J connectivity index is 1.66. The first-order valence-corrected chi connectivity index (χ1v) is 7.13. The van der Waals surface area contributed by atoms with Gasteiger partial charge in [0, 0.05) is 25.3 Å². The highest BCUT2D eigenvalue weighted by Gasteiger charge is 2.32. The molecule has 0 aromatic heterocycles. The molecule has 1 aromatic rings. The van der Waals surface area contributed by atoms with Crippen LogP contribution in [0.4, 0.5) is 5.69 Å². The summed E-state index contributed by atoms with van der Waals surface area (Å²) in [6.07, 6.45) is 0.446. The molecule has 0 aliphatic carbocycles. The van der Waals surface area contributed by atoms with E-state index in [1.54, 1.807) is 0 Å². The van der Waals surface area contributed by atoms with E-state index in [0.717, 1.165) is 12.2 Å². The number of carbonyl (C=O) groups is 1. The Morgan fingerprint density at radius 2 is 2.10 bits per heavy atom. The molecule has 5 heteroatoms. The van der Waals surface area contributed by atoms with Crippen molar-refractivity contribution < 1.29 is 9.53 Å². The van der Waals surface area contributed by atoms with Gasteiger partial charge in [0.2, 0.25) is 5.91 Å². The number of hydrogen-bond donors (Lipinski definition) is 2. The highest BCUT2D eigenvalue weighted by molar-refractivity contribution is 5.78. The SMILES string of the molecule is CC1(CC(=O)N2CCOCC2)NCc2ccccc2N1. The fourth-order valence-corrected chi connectivity index (χ4v) is 2.76. The Morgan fingerprint density at radius 3 is 2.90 bits per heavy atom. The largest absolute Gasteiger partial charge is 0.378 e. The van der Waals surface area contributed by atoms with E-state index in [1.807, 2.05) is 24.0 Å². The molecule has 0 radical (unpaired) electrons. The molecule has 1 amide bonds. The van der Waals surface area contributed by atoms with Crippen molar-refractivity contribution in [2.24, 2.45) is 0 Å². The third kappa shape index (κ3) is 2.78. The minimum atomic E-state index is -0.385. The van der Waals surface area contributed by atoms with Gasteiger partial charge in [-0.05, 0) is 18.6 Å². The van der Waals surface area contributed by atoms with Crippen LogP contribution in [0.2, 0.25) is 0 Å². The van der Waals surface area contributed by atoms with Gasteiger partial charge in [0.15, 0.2) is 0 Å². The van der Waals surface area contributed by atoms with Gasteiger partial charge in [0.1, 0.15) is 0 Å². The molecule has 20 heavy (non-hydrogen) atoms. The number of benzene rings is 1. The molecule has 1 fully saturated rings. The topological polar surface area (TPSA) is 53.6 Å².